The van der Waals surface area contributed by atoms with Crippen molar-refractivity contribution in [2.24, 2.45) is 0 Å². The lowest BCUT2D eigenvalue weighted by Gasteiger charge is -2.32. The molecule has 1 fully saturated rings. The first-order valence-electron chi connectivity index (χ1n) is 11.9. The summed E-state index contributed by atoms with van der Waals surface area (Å²) in [6.45, 7) is 3.42. The maximum atomic E-state index is 13.6. The lowest BCUT2D eigenvalue weighted by molar-refractivity contribution is -0.139. The summed E-state index contributed by atoms with van der Waals surface area (Å²) in [7, 11) is -2.25. The second-order valence-corrected chi connectivity index (χ2v) is 11.0. The van der Waals surface area contributed by atoms with E-state index in [1.54, 1.807) is 31.2 Å². The molecule has 2 amide bonds. The Balaban J connectivity index is 1.88. The number of amides is 2. The molecule has 8 nitrogen and oxygen atoms in total. The number of rotatable bonds is 10. The van der Waals surface area contributed by atoms with E-state index in [1.165, 1.54) is 12.0 Å². The summed E-state index contributed by atoms with van der Waals surface area (Å²) >= 11 is 0. The summed E-state index contributed by atoms with van der Waals surface area (Å²) in [5.41, 5.74) is 2.24. The van der Waals surface area contributed by atoms with E-state index in [0.717, 1.165) is 47.4 Å². The van der Waals surface area contributed by atoms with Gasteiger partial charge in [-0.1, -0.05) is 37.1 Å². The number of benzene rings is 2. The van der Waals surface area contributed by atoms with Crippen LogP contribution >= 0.6 is 0 Å². The van der Waals surface area contributed by atoms with Gasteiger partial charge in [0.05, 0.1) is 19.1 Å². The van der Waals surface area contributed by atoms with Gasteiger partial charge in [-0.3, -0.25) is 13.9 Å². The molecular formula is C26H35N3O5S. The maximum absolute atomic E-state index is 13.6. The molecule has 1 N–H and O–H groups in total. The molecule has 0 heterocycles. The van der Waals surface area contributed by atoms with Crippen LogP contribution in [0.25, 0.3) is 0 Å². The van der Waals surface area contributed by atoms with Crippen LogP contribution in [0.3, 0.4) is 0 Å². The summed E-state index contributed by atoms with van der Waals surface area (Å²) in [5.74, 6) is -0.107. The lowest BCUT2D eigenvalue weighted by Crippen LogP contribution is -2.52. The highest BCUT2D eigenvalue weighted by Gasteiger charge is 2.31. The Morgan fingerprint density at radius 2 is 1.71 bits per heavy atom. The summed E-state index contributed by atoms with van der Waals surface area (Å²) in [6, 6.07) is 13.5. The minimum absolute atomic E-state index is 0.118. The molecule has 1 aliphatic rings. The number of aryl methyl sites for hydroxylation is 1. The van der Waals surface area contributed by atoms with Crippen molar-refractivity contribution in [2.45, 2.75) is 58.2 Å². The summed E-state index contributed by atoms with van der Waals surface area (Å²) in [4.78, 5) is 28.2. The molecule has 0 unspecified atom stereocenters. The fourth-order valence-corrected chi connectivity index (χ4v) is 5.16. The summed E-state index contributed by atoms with van der Waals surface area (Å²) in [6.07, 6.45) is 5.09. The highest BCUT2D eigenvalue weighted by molar-refractivity contribution is 7.92. The Morgan fingerprint density at radius 1 is 1.09 bits per heavy atom. The van der Waals surface area contributed by atoms with Gasteiger partial charge in [0, 0.05) is 12.6 Å². The van der Waals surface area contributed by atoms with E-state index < -0.39 is 28.5 Å². The predicted octanol–water partition coefficient (Wildman–Crippen LogP) is 3.25. The molecule has 2 aromatic rings. The van der Waals surface area contributed by atoms with Crippen molar-refractivity contribution in [2.75, 3.05) is 24.2 Å². The number of nitrogens with zero attached hydrogens (tertiary/aromatic N) is 2. The van der Waals surface area contributed by atoms with Crippen LogP contribution in [0.15, 0.2) is 48.5 Å². The number of nitrogens with one attached hydrogen (secondary N) is 1. The first-order chi connectivity index (χ1) is 16.6. The van der Waals surface area contributed by atoms with Gasteiger partial charge >= 0.3 is 0 Å². The van der Waals surface area contributed by atoms with Gasteiger partial charge in [0.1, 0.15) is 18.3 Å². The largest absolute Gasteiger partial charge is 0.497 e. The molecule has 0 bridgehead atoms. The van der Waals surface area contributed by atoms with Gasteiger partial charge in [0.25, 0.3) is 0 Å². The van der Waals surface area contributed by atoms with E-state index in [0.29, 0.717) is 11.4 Å². The molecule has 190 valence electrons. The minimum atomic E-state index is -3.77. The zero-order chi connectivity index (χ0) is 25.6. The normalized spacial score (nSPS) is 14.9. The number of carbonyl (C=O) groups is 2. The molecule has 3 rings (SSSR count). The van der Waals surface area contributed by atoms with E-state index in [4.69, 9.17) is 4.74 Å². The molecule has 1 atom stereocenters. The molecule has 1 saturated carbocycles. The van der Waals surface area contributed by atoms with Gasteiger partial charge < -0.3 is 15.0 Å². The van der Waals surface area contributed by atoms with Crippen LogP contribution in [-0.2, 0) is 26.2 Å². The van der Waals surface area contributed by atoms with Gasteiger partial charge in [0.15, 0.2) is 0 Å². The molecule has 0 saturated heterocycles. The maximum Gasteiger partial charge on any atom is 0.244 e. The van der Waals surface area contributed by atoms with Crippen molar-refractivity contribution in [3.05, 3.63) is 59.7 Å². The van der Waals surface area contributed by atoms with E-state index in [-0.39, 0.29) is 18.5 Å². The van der Waals surface area contributed by atoms with Crippen molar-refractivity contribution in [3.63, 3.8) is 0 Å². The smallest absolute Gasteiger partial charge is 0.244 e. The topological polar surface area (TPSA) is 96.0 Å². The third-order valence-electron chi connectivity index (χ3n) is 6.51. The number of sulfonamides is 1. The highest BCUT2D eigenvalue weighted by atomic mass is 32.2. The Kier molecular flexibility index (Phi) is 8.77. The van der Waals surface area contributed by atoms with E-state index >= 15 is 0 Å². The van der Waals surface area contributed by atoms with Gasteiger partial charge in [-0.15, -0.1) is 0 Å². The Labute approximate surface area is 208 Å². The van der Waals surface area contributed by atoms with Gasteiger partial charge in [-0.25, -0.2) is 8.42 Å². The molecule has 0 spiro atoms. The third-order valence-corrected chi connectivity index (χ3v) is 7.65. The second kappa shape index (κ2) is 11.6. The van der Waals surface area contributed by atoms with Crippen molar-refractivity contribution < 1.29 is 22.7 Å². The van der Waals surface area contributed by atoms with Crippen molar-refractivity contribution >= 4 is 27.5 Å². The highest BCUT2D eigenvalue weighted by Crippen LogP contribution is 2.23. The standard InChI is InChI=1S/C26H35N3O5S/c1-19-9-5-6-10-21(19)17-28(20(2)26(31)27-22-11-7-8-12-22)25(30)18-29(35(4,32)33)23-13-15-24(34-3)16-14-23/h5-6,9-10,13-16,20,22H,7-8,11-12,17-18H2,1-4H3,(H,27,31)/t20-/m1/s1. The average Bonchev–Trinajstić information content (AvgIpc) is 3.34. The fraction of sp³-hybridized carbons (Fsp3) is 0.462. The molecule has 9 heteroatoms. The van der Waals surface area contributed by atoms with Crippen LogP contribution in [0, 0.1) is 6.92 Å². The number of anilines is 1. The lowest BCUT2D eigenvalue weighted by atomic mass is 10.1. The van der Waals surface area contributed by atoms with Crippen LogP contribution in [-0.4, -0.2) is 57.1 Å². The number of hydrogen-bond donors (Lipinski definition) is 1. The zero-order valence-electron chi connectivity index (χ0n) is 20.9. The SMILES string of the molecule is COc1ccc(N(CC(=O)N(Cc2ccccc2C)[C@H](C)C(=O)NC2CCCC2)S(C)(=O)=O)cc1. The minimum Gasteiger partial charge on any atom is -0.497 e. The first kappa shape index (κ1) is 26.5. The third kappa shape index (κ3) is 6.97. The van der Waals surface area contributed by atoms with E-state index in [9.17, 15) is 18.0 Å². The Hall–Kier alpha value is -3.07. The second-order valence-electron chi connectivity index (χ2n) is 9.08. The van der Waals surface area contributed by atoms with Gasteiger partial charge in [-0.2, -0.15) is 0 Å². The van der Waals surface area contributed by atoms with E-state index in [2.05, 4.69) is 5.32 Å². The number of methoxy groups -OCH3 is 1. The Morgan fingerprint density at radius 3 is 2.29 bits per heavy atom. The van der Waals surface area contributed by atoms with Gasteiger partial charge in [0.2, 0.25) is 21.8 Å². The molecular weight excluding hydrogens is 466 g/mol. The quantitative estimate of drug-likeness (QED) is 0.539. The van der Waals surface area contributed by atoms with E-state index in [1.807, 2.05) is 31.2 Å². The van der Waals surface area contributed by atoms with Crippen LogP contribution in [0.4, 0.5) is 5.69 Å². The fourth-order valence-electron chi connectivity index (χ4n) is 4.31. The molecule has 0 radical (unpaired) electrons. The van der Waals surface area contributed by atoms with Crippen LogP contribution in [0.1, 0.15) is 43.7 Å². The van der Waals surface area contributed by atoms with Crippen molar-refractivity contribution in [3.8, 4) is 5.75 Å². The average molecular weight is 502 g/mol. The predicted molar refractivity (Wildman–Crippen MR) is 137 cm³/mol. The first-order valence-corrected chi connectivity index (χ1v) is 13.7. The molecule has 0 aromatic heterocycles. The molecule has 1 aliphatic carbocycles. The van der Waals surface area contributed by atoms with Crippen LogP contribution in [0.5, 0.6) is 5.75 Å². The number of carbonyl (C=O) groups excluding carboxylic acids is 2. The number of ether oxygens (including phenoxy) is 1. The zero-order valence-corrected chi connectivity index (χ0v) is 21.7. The monoisotopic (exact) mass is 501 g/mol. The summed E-state index contributed by atoms with van der Waals surface area (Å²) in [5, 5.41) is 3.06. The van der Waals surface area contributed by atoms with Gasteiger partial charge in [-0.05, 0) is 62.1 Å². The molecule has 0 aliphatic heterocycles. The summed E-state index contributed by atoms with van der Waals surface area (Å²) < 4.78 is 31.5. The number of hydrogen-bond acceptors (Lipinski definition) is 5. The Bertz CT molecular complexity index is 1130. The molecule has 35 heavy (non-hydrogen) atoms. The van der Waals surface area contributed by atoms with Crippen molar-refractivity contribution in [1.82, 2.24) is 10.2 Å². The van der Waals surface area contributed by atoms with Crippen LogP contribution in [0.2, 0.25) is 0 Å². The van der Waals surface area contributed by atoms with Crippen LogP contribution < -0.4 is 14.4 Å². The van der Waals surface area contributed by atoms with Crippen molar-refractivity contribution in [1.29, 1.82) is 0 Å². The molecule has 2 aromatic carbocycles.